The molecule has 1 aromatic rings. The molecule has 0 saturated carbocycles. The predicted octanol–water partition coefficient (Wildman–Crippen LogP) is 3.41. The van der Waals surface area contributed by atoms with E-state index in [4.69, 9.17) is 11.6 Å². The maximum Gasteiger partial charge on any atom is 0.244 e. The van der Waals surface area contributed by atoms with Gasteiger partial charge >= 0.3 is 0 Å². The molecular formula is C18H26ClN3O2. The Hall–Kier alpha value is -1.88. The first-order valence-electron chi connectivity index (χ1n) is 8.08. The van der Waals surface area contributed by atoms with E-state index < -0.39 is 0 Å². The molecule has 0 aliphatic carbocycles. The first-order chi connectivity index (χ1) is 11.2. The average molecular weight is 352 g/mol. The van der Waals surface area contributed by atoms with E-state index in [1.54, 1.807) is 31.2 Å². The average Bonchev–Trinajstić information content (AvgIpc) is 2.46. The van der Waals surface area contributed by atoms with Crippen LogP contribution in [0, 0.1) is 0 Å². The molecule has 0 unspecified atom stereocenters. The highest BCUT2D eigenvalue weighted by atomic mass is 35.5. The van der Waals surface area contributed by atoms with Gasteiger partial charge in [-0.05, 0) is 52.3 Å². The Morgan fingerprint density at radius 3 is 2.17 bits per heavy atom. The fraction of sp³-hybridized carbons (Fsp3) is 0.500. The van der Waals surface area contributed by atoms with Gasteiger partial charge in [-0.1, -0.05) is 23.7 Å². The van der Waals surface area contributed by atoms with Crippen molar-refractivity contribution in [2.45, 2.75) is 59.5 Å². The zero-order valence-corrected chi connectivity index (χ0v) is 15.7. The molecule has 1 rings (SSSR count). The van der Waals surface area contributed by atoms with Crippen molar-refractivity contribution in [1.82, 2.24) is 10.3 Å². The Kier molecular flexibility index (Phi) is 7.92. The van der Waals surface area contributed by atoms with Crippen molar-refractivity contribution in [3.05, 3.63) is 34.9 Å². The molecule has 0 aliphatic heterocycles. The number of rotatable bonds is 7. The summed E-state index contributed by atoms with van der Waals surface area (Å²) < 4.78 is 0. The Labute approximate surface area is 149 Å². The second-order valence-electron chi connectivity index (χ2n) is 6.35. The predicted molar refractivity (Wildman–Crippen MR) is 98.1 cm³/mol. The van der Waals surface area contributed by atoms with Crippen LogP contribution in [0.25, 0.3) is 0 Å². The fourth-order valence-corrected chi connectivity index (χ4v) is 2.63. The summed E-state index contributed by atoms with van der Waals surface area (Å²) in [5, 5.41) is 4.65. The van der Waals surface area contributed by atoms with E-state index in [9.17, 15) is 9.59 Å². The lowest BCUT2D eigenvalue weighted by Crippen LogP contribution is -2.42. The maximum atomic E-state index is 12.3. The van der Waals surface area contributed by atoms with Crippen LogP contribution >= 0.6 is 11.6 Å². The van der Waals surface area contributed by atoms with Crippen LogP contribution in [0.3, 0.4) is 0 Å². The number of benzene rings is 1. The van der Waals surface area contributed by atoms with Gasteiger partial charge in [-0.3, -0.25) is 9.59 Å². The number of hydrazone groups is 1. The van der Waals surface area contributed by atoms with Gasteiger partial charge in [0, 0.05) is 22.8 Å². The van der Waals surface area contributed by atoms with Gasteiger partial charge in [-0.25, -0.2) is 5.43 Å². The van der Waals surface area contributed by atoms with Crippen molar-refractivity contribution in [2.24, 2.45) is 5.10 Å². The van der Waals surface area contributed by atoms with E-state index in [0.29, 0.717) is 10.7 Å². The number of hydrogen-bond donors (Lipinski definition) is 1. The van der Waals surface area contributed by atoms with Crippen LogP contribution in [0.5, 0.6) is 0 Å². The van der Waals surface area contributed by atoms with E-state index in [1.165, 1.54) is 0 Å². The third-order valence-corrected chi connectivity index (χ3v) is 3.71. The summed E-state index contributed by atoms with van der Waals surface area (Å²) in [5.41, 5.74) is 3.93. The highest BCUT2D eigenvalue weighted by Gasteiger charge is 2.20. The number of nitrogens with one attached hydrogen (secondary N) is 1. The molecule has 0 radical (unpaired) electrons. The molecule has 0 saturated heterocycles. The van der Waals surface area contributed by atoms with Gasteiger partial charge in [0.2, 0.25) is 11.8 Å². The minimum Gasteiger partial charge on any atom is -0.338 e. The lowest BCUT2D eigenvalue weighted by molar-refractivity contribution is -0.133. The number of carbonyl (C=O) groups excluding carboxylic acids is 2. The SMILES string of the molecule is C/C(CC(=O)N(C(C)C)C(C)C)=N/NC(=O)Cc1ccc(Cl)cc1. The second-order valence-corrected chi connectivity index (χ2v) is 6.79. The largest absolute Gasteiger partial charge is 0.338 e. The van der Waals surface area contributed by atoms with Crippen molar-refractivity contribution in [3.63, 3.8) is 0 Å². The Bertz CT molecular complexity index is 587. The molecule has 0 aromatic heterocycles. The van der Waals surface area contributed by atoms with Gasteiger partial charge in [0.1, 0.15) is 0 Å². The lowest BCUT2D eigenvalue weighted by atomic mass is 10.1. The fourth-order valence-electron chi connectivity index (χ4n) is 2.51. The summed E-state index contributed by atoms with van der Waals surface area (Å²) in [6.45, 7) is 9.67. The molecule has 1 aromatic carbocycles. The molecule has 0 bridgehead atoms. The molecule has 132 valence electrons. The molecule has 5 nitrogen and oxygen atoms in total. The molecule has 0 atom stereocenters. The quantitative estimate of drug-likeness (QED) is 0.604. The minimum atomic E-state index is -0.228. The van der Waals surface area contributed by atoms with Gasteiger partial charge < -0.3 is 4.90 Å². The third-order valence-electron chi connectivity index (χ3n) is 3.46. The van der Waals surface area contributed by atoms with E-state index in [-0.39, 0.29) is 36.7 Å². The number of nitrogens with zero attached hydrogens (tertiary/aromatic N) is 2. The molecular weight excluding hydrogens is 326 g/mol. The molecule has 2 amide bonds. The standard InChI is InChI=1S/C18H26ClN3O2/c1-12(2)22(13(3)4)18(24)10-14(5)20-21-17(23)11-15-6-8-16(19)9-7-15/h6-9,12-13H,10-11H2,1-5H3,(H,21,23)/b20-14-. The zero-order chi connectivity index (χ0) is 18.3. The maximum absolute atomic E-state index is 12.3. The lowest BCUT2D eigenvalue weighted by Gasteiger charge is -2.30. The Balaban J connectivity index is 2.55. The molecule has 1 N–H and O–H groups in total. The summed E-state index contributed by atoms with van der Waals surface area (Å²) in [7, 11) is 0. The molecule has 24 heavy (non-hydrogen) atoms. The van der Waals surface area contributed by atoms with Crippen LogP contribution in [0.2, 0.25) is 5.02 Å². The Morgan fingerprint density at radius 2 is 1.67 bits per heavy atom. The number of hydrogen-bond acceptors (Lipinski definition) is 3. The van der Waals surface area contributed by atoms with Crippen molar-refractivity contribution >= 4 is 29.1 Å². The molecule has 0 heterocycles. The third kappa shape index (κ3) is 6.71. The first kappa shape index (κ1) is 20.2. The van der Waals surface area contributed by atoms with Crippen LogP contribution in [0.15, 0.2) is 29.4 Å². The van der Waals surface area contributed by atoms with Crippen LogP contribution in [0.4, 0.5) is 0 Å². The van der Waals surface area contributed by atoms with E-state index >= 15 is 0 Å². The van der Waals surface area contributed by atoms with Gasteiger partial charge in [0.05, 0.1) is 12.8 Å². The minimum absolute atomic E-state index is 0.00759. The van der Waals surface area contributed by atoms with Crippen molar-refractivity contribution in [3.8, 4) is 0 Å². The summed E-state index contributed by atoms with van der Waals surface area (Å²) in [4.78, 5) is 26.0. The van der Waals surface area contributed by atoms with Crippen LogP contribution in [0.1, 0.15) is 46.6 Å². The van der Waals surface area contributed by atoms with E-state index in [0.717, 1.165) is 5.56 Å². The topological polar surface area (TPSA) is 61.8 Å². The number of amides is 2. The van der Waals surface area contributed by atoms with Gasteiger partial charge in [-0.15, -0.1) is 0 Å². The highest BCUT2D eigenvalue weighted by molar-refractivity contribution is 6.30. The van der Waals surface area contributed by atoms with Crippen LogP contribution < -0.4 is 5.43 Å². The van der Waals surface area contributed by atoms with Crippen molar-refractivity contribution in [2.75, 3.05) is 0 Å². The Morgan fingerprint density at radius 1 is 1.12 bits per heavy atom. The second kappa shape index (κ2) is 9.42. The van der Waals surface area contributed by atoms with Crippen LogP contribution in [-0.2, 0) is 16.0 Å². The van der Waals surface area contributed by atoms with Crippen LogP contribution in [-0.4, -0.2) is 34.5 Å². The monoisotopic (exact) mass is 351 g/mol. The number of carbonyl (C=O) groups is 2. The summed E-state index contributed by atoms with van der Waals surface area (Å²) in [5.74, 6) is -0.220. The normalized spacial score (nSPS) is 11.8. The molecule has 0 aliphatic rings. The summed E-state index contributed by atoms with van der Waals surface area (Å²) in [6, 6.07) is 7.33. The van der Waals surface area contributed by atoms with Gasteiger partial charge in [0.25, 0.3) is 0 Å². The molecule has 6 heteroatoms. The smallest absolute Gasteiger partial charge is 0.244 e. The molecule has 0 fully saturated rings. The zero-order valence-electron chi connectivity index (χ0n) is 15.0. The van der Waals surface area contributed by atoms with Crippen molar-refractivity contribution < 1.29 is 9.59 Å². The number of halogens is 1. The summed E-state index contributed by atoms with van der Waals surface area (Å²) >= 11 is 5.81. The first-order valence-corrected chi connectivity index (χ1v) is 8.46. The van der Waals surface area contributed by atoms with Gasteiger partial charge in [-0.2, -0.15) is 5.10 Å². The van der Waals surface area contributed by atoms with E-state index in [2.05, 4.69) is 10.5 Å². The van der Waals surface area contributed by atoms with E-state index in [1.807, 2.05) is 32.6 Å². The highest BCUT2D eigenvalue weighted by Crippen LogP contribution is 2.10. The summed E-state index contributed by atoms with van der Waals surface area (Å²) in [6.07, 6.45) is 0.406. The molecule has 0 spiro atoms. The van der Waals surface area contributed by atoms with Crippen molar-refractivity contribution in [1.29, 1.82) is 0 Å². The van der Waals surface area contributed by atoms with Gasteiger partial charge in [0.15, 0.2) is 0 Å².